The van der Waals surface area contributed by atoms with Gasteiger partial charge in [-0.3, -0.25) is 4.79 Å². The fraction of sp³-hybridized carbons (Fsp3) is 0.467. The van der Waals surface area contributed by atoms with E-state index in [1.807, 2.05) is 45.0 Å². The largest absolute Gasteiger partial charge is 0.349 e. The van der Waals surface area contributed by atoms with E-state index in [2.05, 4.69) is 15.3 Å². The summed E-state index contributed by atoms with van der Waals surface area (Å²) in [7, 11) is 0. The number of nitrogens with one attached hydrogen (secondary N) is 2. The lowest BCUT2D eigenvalue weighted by Crippen LogP contribution is -2.49. The van der Waals surface area contributed by atoms with Crippen molar-refractivity contribution < 1.29 is 4.79 Å². The highest BCUT2D eigenvalue weighted by Crippen LogP contribution is 2.27. The minimum atomic E-state index is -0.361. The minimum Gasteiger partial charge on any atom is -0.349 e. The van der Waals surface area contributed by atoms with Crippen molar-refractivity contribution in [3.05, 3.63) is 30.1 Å². The number of imidazole rings is 1. The van der Waals surface area contributed by atoms with Crippen molar-refractivity contribution >= 4 is 41.1 Å². The molecule has 0 aliphatic heterocycles. The van der Waals surface area contributed by atoms with Gasteiger partial charge in [0.05, 0.1) is 22.0 Å². The molecule has 2 aromatic rings. The van der Waals surface area contributed by atoms with Crippen molar-refractivity contribution in [1.82, 2.24) is 15.3 Å². The van der Waals surface area contributed by atoms with Gasteiger partial charge in [-0.15, -0.1) is 24.2 Å². The first-order valence-electron chi connectivity index (χ1n) is 6.98. The zero-order valence-corrected chi connectivity index (χ0v) is 14.7. The topological polar surface area (TPSA) is 83.8 Å². The fourth-order valence-electron chi connectivity index (χ4n) is 1.91. The average molecular weight is 343 g/mol. The van der Waals surface area contributed by atoms with Crippen LogP contribution in [0.1, 0.15) is 31.8 Å². The maximum absolute atomic E-state index is 11.9. The van der Waals surface area contributed by atoms with Gasteiger partial charge in [0, 0.05) is 12.1 Å². The second-order valence-corrected chi connectivity index (χ2v) is 7.06. The number of amides is 1. The molecule has 4 N–H and O–H groups in total. The van der Waals surface area contributed by atoms with Crippen molar-refractivity contribution in [3.8, 4) is 0 Å². The van der Waals surface area contributed by atoms with Crippen LogP contribution in [0.2, 0.25) is 0 Å². The summed E-state index contributed by atoms with van der Waals surface area (Å²) in [6.07, 6.45) is 0. The number of nitrogens with zero attached hydrogens (tertiary/aromatic N) is 1. The fourth-order valence-corrected chi connectivity index (χ4v) is 2.65. The Balaban J connectivity index is 0.00000242. The van der Waals surface area contributed by atoms with Gasteiger partial charge < -0.3 is 16.0 Å². The number of nitrogens with two attached hydrogens (primary N) is 1. The van der Waals surface area contributed by atoms with Gasteiger partial charge in [-0.1, -0.05) is 12.1 Å². The summed E-state index contributed by atoms with van der Waals surface area (Å²) in [4.78, 5) is 19.8. The molecule has 0 aliphatic carbocycles. The highest BCUT2D eigenvalue weighted by atomic mass is 35.5. The average Bonchev–Trinajstić information content (AvgIpc) is 2.88. The number of thioether (sulfide) groups is 1. The molecule has 1 aromatic heterocycles. The molecule has 0 saturated heterocycles. The zero-order valence-electron chi connectivity index (χ0n) is 13.1. The van der Waals surface area contributed by atoms with Crippen LogP contribution in [0, 0.1) is 0 Å². The van der Waals surface area contributed by atoms with E-state index < -0.39 is 0 Å². The Hall–Kier alpha value is -1.24. The number of carbonyl (C=O) groups excluding carboxylic acids is 1. The van der Waals surface area contributed by atoms with Gasteiger partial charge in [0.1, 0.15) is 5.82 Å². The van der Waals surface area contributed by atoms with Crippen LogP contribution < -0.4 is 11.1 Å². The van der Waals surface area contributed by atoms with Crippen molar-refractivity contribution in [2.24, 2.45) is 5.73 Å². The number of rotatable bonds is 6. The zero-order chi connectivity index (χ0) is 15.5. The quantitative estimate of drug-likeness (QED) is 0.753. The molecule has 0 aliphatic rings. The van der Waals surface area contributed by atoms with E-state index in [0.717, 1.165) is 16.9 Å². The Labute approximate surface area is 141 Å². The SMILES string of the molecule is CC(SCC(=O)NC(C)(C)CN)c1nc2ccccc2[nH]1.Cl. The standard InChI is InChI=1S/C15H22N4OS.ClH/c1-10(21-8-13(20)19-15(2,3)9-16)14-17-11-6-4-5-7-12(11)18-14;/h4-7,10H,8-9,16H2,1-3H3,(H,17,18)(H,19,20);1H. The monoisotopic (exact) mass is 342 g/mol. The smallest absolute Gasteiger partial charge is 0.230 e. The lowest BCUT2D eigenvalue weighted by Gasteiger charge is -2.24. The van der Waals surface area contributed by atoms with Gasteiger partial charge in [0.25, 0.3) is 0 Å². The molecule has 1 atom stereocenters. The molecule has 0 fully saturated rings. The number of halogens is 1. The van der Waals surface area contributed by atoms with E-state index in [9.17, 15) is 4.79 Å². The summed E-state index contributed by atoms with van der Waals surface area (Å²) in [5, 5.41) is 3.05. The van der Waals surface area contributed by atoms with Crippen LogP contribution in [0.25, 0.3) is 11.0 Å². The predicted octanol–water partition coefficient (Wildman–Crippen LogP) is 2.63. The van der Waals surface area contributed by atoms with E-state index in [0.29, 0.717) is 12.3 Å². The molecule has 1 unspecified atom stereocenters. The molecule has 0 spiro atoms. The van der Waals surface area contributed by atoms with Crippen LogP contribution in [0.5, 0.6) is 0 Å². The second-order valence-electron chi connectivity index (χ2n) is 5.73. The number of hydrogen-bond donors (Lipinski definition) is 3. The number of H-pyrrole nitrogens is 1. The van der Waals surface area contributed by atoms with Crippen LogP contribution in [-0.4, -0.2) is 33.7 Å². The highest BCUT2D eigenvalue weighted by molar-refractivity contribution is 8.00. The van der Waals surface area contributed by atoms with Crippen molar-refractivity contribution in [1.29, 1.82) is 0 Å². The molecule has 1 heterocycles. The molecule has 7 heteroatoms. The third kappa shape index (κ3) is 4.90. The van der Waals surface area contributed by atoms with Gasteiger partial charge in [0.2, 0.25) is 5.91 Å². The molecular formula is C15H23ClN4OS. The van der Waals surface area contributed by atoms with E-state index in [-0.39, 0.29) is 29.1 Å². The van der Waals surface area contributed by atoms with Gasteiger partial charge in [0.15, 0.2) is 0 Å². The first-order valence-corrected chi connectivity index (χ1v) is 8.03. The number of benzene rings is 1. The normalized spacial score (nSPS) is 12.7. The summed E-state index contributed by atoms with van der Waals surface area (Å²) in [6, 6.07) is 7.92. The minimum absolute atomic E-state index is 0. The predicted molar refractivity (Wildman–Crippen MR) is 95.5 cm³/mol. The molecule has 2 rings (SSSR count). The molecule has 22 heavy (non-hydrogen) atoms. The number of carbonyl (C=O) groups is 1. The van der Waals surface area contributed by atoms with E-state index >= 15 is 0 Å². The van der Waals surface area contributed by atoms with Gasteiger partial charge >= 0.3 is 0 Å². The van der Waals surface area contributed by atoms with Crippen LogP contribution in [0.4, 0.5) is 0 Å². The van der Waals surface area contributed by atoms with Gasteiger partial charge in [-0.05, 0) is 32.9 Å². The van der Waals surface area contributed by atoms with E-state index in [4.69, 9.17) is 5.73 Å². The lowest BCUT2D eigenvalue weighted by atomic mass is 10.1. The molecule has 122 valence electrons. The summed E-state index contributed by atoms with van der Waals surface area (Å²) < 4.78 is 0. The number of hydrogen-bond acceptors (Lipinski definition) is 4. The van der Waals surface area contributed by atoms with Crippen LogP contribution in [-0.2, 0) is 4.79 Å². The lowest BCUT2D eigenvalue weighted by molar-refractivity contribution is -0.120. The Morgan fingerprint density at radius 2 is 2.14 bits per heavy atom. The van der Waals surface area contributed by atoms with Crippen molar-refractivity contribution in [3.63, 3.8) is 0 Å². The molecule has 1 amide bonds. The third-order valence-electron chi connectivity index (χ3n) is 3.25. The van der Waals surface area contributed by atoms with Crippen molar-refractivity contribution in [2.75, 3.05) is 12.3 Å². The third-order valence-corrected chi connectivity index (χ3v) is 4.40. The van der Waals surface area contributed by atoms with Crippen LogP contribution in [0.3, 0.4) is 0 Å². The summed E-state index contributed by atoms with van der Waals surface area (Å²) in [5.41, 5.74) is 7.22. The highest BCUT2D eigenvalue weighted by Gasteiger charge is 2.19. The summed E-state index contributed by atoms with van der Waals surface area (Å²) >= 11 is 1.56. The first-order chi connectivity index (χ1) is 9.91. The Morgan fingerprint density at radius 1 is 1.45 bits per heavy atom. The molecule has 5 nitrogen and oxygen atoms in total. The van der Waals surface area contributed by atoms with Gasteiger partial charge in [-0.25, -0.2) is 4.98 Å². The molecule has 0 saturated carbocycles. The number of aromatic amines is 1. The van der Waals surface area contributed by atoms with E-state index in [1.54, 1.807) is 11.8 Å². The molecule has 0 radical (unpaired) electrons. The molecule has 1 aromatic carbocycles. The Morgan fingerprint density at radius 3 is 2.77 bits per heavy atom. The maximum Gasteiger partial charge on any atom is 0.230 e. The first kappa shape index (κ1) is 18.8. The second kappa shape index (κ2) is 7.85. The molecular weight excluding hydrogens is 320 g/mol. The summed E-state index contributed by atoms with van der Waals surface area (Å²) in [6.45, 7) is 6.29. The van der Waals surface area contributed by atoms with Crippen molar-refractivity contribution in [2.45, 2.75) is 31.6 Å². The Kier molecular flexibility index (Phi) is 6.71. The molecule has 0 bridgehead atoms. The van der Waals surface area contributed by atoms with Crippen LogP contribution >= 0.6 is 24.2 Å². The van der Waals surface area contributed by atoms with Gasteiger partial charge in [-0.2, -0.15) is 0 Å². The number of fused-ring (bicyclic) bond motifs is 1. The number of aromatic nitrogens is 2. The number of para-hydroxylation sites is 2. The van der Waals surface area contributed by atoms with E-state index in [1.165, 1.54) is 0 Å². The Bertz CT molecular complexity index is 596. The maximum atomic E-state index is 11.9. The summed E-state index contributed by atoms with van der Waals surface area (Å²) in [5.74, 6) is 1.28. The van der Waals surface area contributed by atoms with Crippen LogP contribution in [0.15, 0.2) is 24.3 Å².